The summed E-state index contributed by atoms with van der Waals surface area (Å²) in [5.74, 6) is -5.52. The number of hydrogen-bond acceptors (Lipinski definition) is 7. The Morgan fingerprint density at radius 3 is 1.95 bits per heavy atom. The van der Waals surface area contributed by atoms with Crippen molar-refractivity contribution in [2.24, 2.45) is 0 Å². The highest BCUT2D eigenvalue weighted by molar-refractivity contribution is 7.10. The molecule has 9 nitrogen and oxygen atoms in total. The van der Waals surface area contributed by atoms with E-state index >= 15 is 0 Å². The van der Waals surface area contributed by atoms with Crippen molar-refractivity contribution < 1.29 is 55.7 Å². The van der Waals surface area contributed by atoms with Gasteiger partial charge in [-0.05, 0) is 56.3 Å². The van der Waals surface area contributed by atoms with Crippen molar-refractivity contribution in [1.29, 1.82) is 0 Å². The van der Waals surface area contributed by atoms with E-state index in [-0.39, 0.29) is 11.5 Å². The molecule has 1 atom stereocenters. The predicted octanol–water partition coefficient (Wildman–Crippen LogP) is 4.61. The summed E-state index contributed by atoms with van der Waals surface area (Å²) >= 11 is 1.85. The van der Waals surface area contributed by atoms with Crippen LogP contribution in [0.1, 0.15) is 34.4 Å². The monoisotopic (exact) mass is 655 g/mol. The van der Waals surface area contributed by atoms with Crippen LogP contribution in [0.3, 0.4) is 0 Å². The van der Waals surface area contributed by atoms with E-state index in [0.717, 1.165) is 44.6 Å². The van der Waals surface area contributed by atoms with Crippen molar-refractivity contribution in [3.8, 4) is 0 Å². The third-order valence-electron chi connectivity index (χ3n) is 6.90. The van der Waals surface area contributed by atoms with Gasteiger partial charge < -0.3 is 25.2 Å². The van der Waals surface area contributed by atoms with Crippen LogP contribution in [0.2, 0.25) is 0 Å². The molecular weight excluding hydrogens is 620 g/mol. The number of piperidine rings is 1. The predicted molar refractivity (Wildman–Crippen MR) is 149 cm³/mol. The number of likely N-dealkylation sites (tertiary alicyclic amines) is 1. The third kappa shape index (κ3) is 12.1. The largest absolute Gasteiger partial charge is 0.490 e. The number of nitrogens with zero attached hydrogens (tertiary/aromatic N) is 2. The standard InChI is InChI=1S/C24H33N3O2S.2C2HF3O2/c1-18-4-6-20(7-5-18)14-25-23(28)21-15-26(3)17-24(29-21)9-11-27(12-10-24)16-22-19(2)8-13-30-22;2*3-2(4,5)1(6)7/h4-8,13,21H,9-12,14-17H2,1-3H3,(H,25,28);2*(H,6,7). The molecule has 1 amide bonds. The minimum atomic E-state index is -5.08. The third-order valence-corrected chi connectivity index (χ3v) is 7.90. The van der Waals surface area contributed by atoms with E-state index < -0.39 is 30.4 Å². The van der Waals surface area contributed by atoms with Gasteiger partial charge in [-0.15, -0.1) is 11.3 Å². The number of ether oxygens (including phenoxy) is 1. The number of aryl methyl sites for hydroxylation is 2. The Hall–Kier alpha value is -3.21. The van der Waals surface area contributed by atoms with Crippen LogP contribution < -0.4 is 5.32 Å². The SMILES string of the molecule is Cc1ccc(CNC(=O)C2CN(C)CC3(CCN(Cc4sccc4C)CC3)O2)cc1.O=C(O)C(F)(F)F.O=C(O)C(F)(F)F. The van der Waals surface area contributed by atoms with E-state index in [2.05, 4.69) is 71.7 Å². The number of halogens is 6. The zero-order valence-corrected chi connectivity index (χ0v) is 25.1. The number of morpholine rings is 1. The molecule has 1 unspecified atom stereocenters. The van der Waals surface area contributed by atoms with Gasteiger partial charge in [0, 0.05) is 44.1 Å². The van der Waals surface area contributed by atoms with E-state index in [1.165, 1.54) is 16.0 Å². The second-order valence-electron chi connectivity index (χ2n) is 10.6. The highest BCUT2D eigenvalue weighted by atomic mass is 32.1. The molecule has 0 saturated carbocycles. The Kier molecular flexibility index (Phi) is 13.2. The average Bonchev–Trinajstić information content (AvgIpc) is 3.33. The summed E-state index contributed by atoms with van der Waals surface area (Å²) < 4.78 is 70.0. The second kappa shape index (κ2) is 15.7. The van der Waals surface area contributed by atoms with Gasteiger partial charge in [-0.1, -0.05) is 29.8 Å². The van der Waals surface area contributed by atoms with Crippen LogP contribution in [-0.2, 0) is 32.2 Å². The van der Waals surface area contributed by atoms with Crippen LogP contribution in [0.25, 0.3) is 0 Å². The first-order valence-electron chi connectivity index (χ1n) is 13.4. The van der Waals surface area contributed by atoms with Gasteiger partial charge in [-0.3, -0.25) is 9.69 Å². The van der Waals surface area contributed by atoms with Crippen LogP contribution in [-0.4, -0.2) is 95.1 Å². The molecule has 3 N–H and O–H groups in total. The first-order valence-corrected chi connectivity index (χ1v) is 14.2. The highest BCUT2D eigenvalue weighted by Gasteiger charge is 2.44. The maximum atomic E-state index is 12.9. The number of carbonyl (C=O) groups is 3. The maximum Gasteiger partial charge on any atom is 0.490 e. The van der Waals surface area contributed by atoms with E-state index in [1.807, 2.05) is 11.3 Å². The molecule has 246 valence electrons. The number of carbonyl (C=O) groups excluding carboxylic acids is 1. The Morgan fingerprint density at radius 2 is 1.50 bits per heavy atom. The number of rotatable bonds is 5. The summed E-state index contributed by atoms with van der Waals surface area (Å²) in [6, 6.07) is 10.5. The normalized spacial score (nSPS) is 18.8. The lowest BCUT2D eigenvalue weighted by atomic mass is 9.88. The smallest absolute Gasteiger partial charge is 0.475 e. The minimum absolute atomic E-state index is 0.00172. The molecule has 1 aromatic heterocycles. The number of likely N-dealkylation sites (N-methyl/N-ethyl adjacent to an activating group) is 1. The number of alkyl halides is 6. The van der Waals surface area contributed by atoms with Gasteiger partial charge in [0.2, 0.25) is 0 Å². The molecular formula is C28H35F6N3O6S. The summed E-state index contributed by atoms with van der Waals surface area (Å²) in [4.78, 5) is 36.9. The van der Waals surface area contributed by atoms with Crippen molar-refractivity contribution in [2.45, 2.75) is 63.8 Å². The molecule has 44 heavy (non-hydrogen) atoms. The molecule has 0 bridgehead atoms. The number of amides is 1. The number of hydrogen-bond donors (Lipinski definition) is 3. The number of nitrogens with one attached hydrogen (secondary N) is 1. The number of carboxylic acids is 2. The Morgan fingerprint density at radius 1 is 0.977 bits per heavy atom. The topological polar surface area (TPSA) is 119 Å². The van der Waals surface area contributed by atoms with Gasteiger partial charge >= 0.3 is 24.3 Å². The lowest BCUT2D eigenvalue weighted by Gasteiger charge is -2.48. The van der Waals surface area contributed by atoms with Crippen LogP contribution in [0.5, 0.6) is 0 Å². The summed E-state index contributed by atoms with van der Waals surface area (Å²) in [7, 11) is 2.10. The van der Waals surface area contributed by atoms with E-state index in [9.17, 15) is 31.1 Å². The van der Waals surface area contributed by atoms with Crippen molar-refractivity contribution in [3.63, 3.8) is 0 Å². The minimum Gasteiger partial charge on any atom is -0.475 e. The lowest BCUT2D eigenvalue weighted by molar-refractivity contribution is -0.193. The van der Waals surface area contributed by atoms with Gasteiger partial charge in [0.05, 0.1) is 5.60 Å². The quantitative estimate of drug-likeness (QED) is 0.400. The maximum absolute atomic E-state index is 12.9. The van der Waals surface area contributed by atoms with Crippen LogP contribution in [0.4, 0.5) is 26.3 Å². The van der Waals surface area contributed by atoms with Crippen molar-refractivity contribution in [2.75, 3.05) is 33.2 Å². The molecule has 16 heteroatoms. The second-order valence-corrected chi connectivity index (χ2v) is 11.6. The number of benzene rings is 1. The summed E-state index contributed by atoms with van der Waals surface area (Å²) in [5.41, 5.74) is 3.52. The Bertz CT molecular complexity index is 1220. The van der Waals surface area contributed by atoms with Gasteiger partial charge in [0.15, 0.2) is 0 Å². The molecule has 0 aliphatic carbocycles. The van der Waals surface area contributed by atoms with E-state index in [1.54, 1.807) is 0 Å². The highest BCUT2D eigenvalue weighted by Crippen LogP contribution is 2.33. The molecule has 2 saturated heterocycles. The lowest BCUT2D eigenvalue weighted by Crippen LogP contribution is -2.61. The fourth-order valence-electron chi connectivity index (χ4n) is 4.53. The van der Waals surface area contributed by atoms with Gasteiger partial charge in [-0.2, -0.15) is 26.3 Å². The molecule has 2 fully saturated rings. The summed E-state index contributed by atoms with van der Waals surface area (Å²) in [5, 5.41) is 19.5. The average molecular weight is 656 g/mol. The number of thiophene rings is 1. The van der Waals surface area contributed by atoms with Gasteiger partial charge in [-0.25, -0.2) is 9.59 Å². The van der Waals surface area contributed by atoms with Gasteiger partial charge in [0.25, 0.3) is 5.91 Å². The van der Waals surface area contributed by atoms with Crippen LogP contribution in [0, 0.1) is 13.8 Å². The zero-order valence-electron chi connectivity index (χ0n) is 24.3. The van der Waals surface area contributed by atoms with Crippen molar-refractivity contribution in [3.05, 3.63) is 57.3 Å². The molecule has 2 aliphatic heterocycles. The molecule has 4 rings (SSSR count). The summed E-state index contributed by atoms with van der Waals surface area (Å²) in [6.45, 7) is 9.42. The fourth-order valence-corrected chi connectivity index (χ4v) is 5.47. The molecule has 1 aromatic carbocycles. The molecule has 2 aliphatic rings. The Labute approximate surface area is 254 Å². The number of carboxylic acid groups (broad SMARTS) is 2. The van der Waals surface area contributed by atoms with Crippen molar-refractivity contribution >= 4 is 29.2 Å². The summed E-state index contributed by atoms with van der Waals surface area (Å²) in [6.07, 6.45) is -8.62. The van der Waals surface area contributed by atoms with Crippen molar-refractivity contribution in [1.82, 2.24) is 15.1 Å². The molecule has 0 radical (unpaired) electrons. The van der Waals surface area contributed by atoms with Gasteiger partial charge in [0.1, 0.15) is 6.10 Å². The van der Waals surface area contributed by atoms with E-state index in [4.69, 9.17) is 24.5 Å². The first-order chi connectivity index (χ1) is 20.3. The zero-order chi connectivity index (χ0) is 33.3. The molecule has 3 heterocycles. The van der Waals surface area contributed by atoms with Crippen LogP contribution in [0.15, 0.2) is 35.7 Å². The first kappa shape index (κ1) is 37.0. The molecule has 2 aromatic rings. The van der Waals surface area contributed by atoms with E-state index in [0.29, 0.717) is 13.1 Å². The molecule has 1 spiro atoms. The van der Waals surface area contributed by atoms with Crippen LogP contribution >= 0.6 is 11.3 Å². The fraction of sp³-hybridized carbons (Fsp3) is 0.536. The Balaban J connectivity index is 0.000000402. The number of aliphatic carboxylic acids is 2.